The van der Waals surface area contributed by atoms with Crippen molar-refractivity contribution in [1.29, 1.82) is 0 Å². The number of nitrogens with one attached hydrogen (secondary N) is 2. The average molecular weight is 264 g/mol. The number of rotatable bonds is 5. The first-order valence-electron chi connectivity index (χ1n) is 6.80. The van der Waals surface area contributed by atoms with E-state index in [0.29, 0.717) is 13.2 Å². The Morgan fingerprint density at radius 2 is 1.79 bits per heavy atom. The molecule has 1 aromatic rings. The molecular weight excluding hydrogens is 240 g/mol. The van der Waals surface area contributed by atoms with Crippen LogP contribution in [-0.4, -0.2) is 32.3 Å². The number of ether oxygens (including phenoxy) is 2. The predicted molar refractivity (Wildman–Crippen MR) is 77.0 cm³/mol. The van der Waals surface area contributed by atoms with Gasteiger partial charge in [0.1, 0.15) is 13.2 Å². The van der Waals surface area contributed by atoms with Gasteiger partial charge in [0.25, 0.3) is 0 Å². The van der Waals surface area contributed by atoms with Gasteiger partial charge in [0.15, 0.2) is 11.5 Å². The van der Waals surface area contributed by atoms with E-state index in [0.717, 1.165) is 24.6 Å². The van der Waals surface area contributed by atoms with Gasteiger partial charge in [0, 0.05) is 18.6 Å². The van der Waals surface area contributed by atoms with Gasteiger partial charge in [0.2, 0.25) is 0 Å². The third kappa shape index (κ3) is 3.61. The van der Waals surface area contributed by atoms with E-state index < -0.39 is 0 Å². The van der Waals surface area contributed by atoms with E-state index in [1.165, 1.54) is 11.1 Å². The minimum Gasteiger partial charge on any atom is -0.486 e. The fourth-order valence-corrected chi connectivity index (χ4v) is 2.02. The Morgan fingerprint density at radius 3 is 2.42 bits per heavy atom. The zero-order chi connectivity index (χ0) is 13.9. The summed E-state index contributed by atoms with van der Waals surface area (Å²) >= 11 is 0. The second-order valence-corrected chi connectivity index (χ2v) is 5.66. The van der Waals surface area contributed by atoms with E-state index in [-0.39, 0.29) is 5.54 Å². The van der Waals surface area contributed by atoms with Crippen molar-refractivity contribution in [3.05, 3.63) is 23.3 Å². The third-order valence-corrected chi connectivity index (χ3v) is 3.56. The molecule has 0 unspecified atom stereocenters. The summed E-state index contributed by atoms with van der Waals surface area (Å²) in [7, 11) is 1.98. The minimum absolute atomic E-state index is 0.0989. The molecule has 1 heterocycles. The van der Waals surface area contributed by atoms with Crippen LogP contribution in [0.3, 0.4) is 0 Å². The molecule has 1 aliphatic rings. The highest BCUT2D eigenvalue weighted by Crippen LogP contribution is 2.32. The molecule has 0 bridgehead atoms. The number of aryl methyl sites for hydroxylation is 1. The number of hydrogen-bond donors (Lipinski definition) is 2. The highest BCUT2D eigenvalue weighted by atomic mass is 16.6. The Bertz CT molecular complexity index is 444. The van der Waals surface area contributed by atoms with Crippen LogP contribution in [0.1, 0.15) is 25.0 Å². The first kappa shape index (κ1) is 14.2. The van der Waals surface area contributed by atoms with Gasteiger partial charge in [-0.1, -0.05) is 0 Å². The molecule has 0 amide bonds. The molecule has 4 nitrogen and oxygen atoms in total. The fraction of sp³-hybridized carbons (Fsp3) is 0.600. The lowest BCUT2D eigenvalue weighted by molar-refractivity contribution is 0.171. The average Bonchev–Trinajstić information content (AvgIpc) is 2.39. The highest BCUT2D eigenvalue weighted by Gasteiger charge is 2.16. The van der Waals surface area contributed by atoms with E-state index in [4.69, 9.17) is 9.47 Å². The number of benzene rings is 1. The lowest BCUT2D eigenvalue weighted by Gasteiger charge is -2.25. The van der Waals surface area contributed by atoms with Gasteiger partial charge in [-0.05, 0) is 51.1 Å². The predicted octanol–water partition coefficient (Wildman–Crippen LogP) is 1.85. The molecule has 0 saturated carbocycles. The molecule has 4 heteroatoms. The van der Waals surface area contributed by atoms with Crippen LogP contribution in [0.5, 0.6) is 11.5 Å². The summed E-state index contributed by atoms with van der Waals surface area (Å²) in [5, 5.41) is 6.77. The molecule has 1 aromatic carbocycles. The molecule has 1 aliphatic heterocycles. The van der Waals surface area contributed by atoms with Crippen LogP contribution in [0.25, 0.3) is 0 Å². The van der Waals surface area contributed by atoms with Crippen molar-refractivity contribution in [2.75, 3.05) is 26.8 Å². The second kappa shape index (κ2) is 5.80. The van der Waals surface area contributed by atoms with Gasteiger partial charge in [-0.15, -0.1) is 0 Å². The summed E-state index contributed by atoms with van der Waals surface area (Å²) in [6, 6.07) is 4.15. The molecule has 19 heavy (non-hydrogen) atoms. The lowest BCUT2D eigenvalue weighted by atomic mass is 10.0. The summed E-state index contributed by atoms with van der Waals surface area (Å²) in [6.07, 6.45) is 0. The Balaban J connectivity index is 2.00. The fourth-order valence-electron chi connectivity index (χ4n) is 2.02. The quantitative estimate of drug-likeness (QED) is 0.852. The molecule has 2 rings (SSSR count). The molecule has 0 aliphatic carbocycles. The van der Waals surface area contributed by atoms with Crippen LogP contribution >= 0.6 is 0 Å². The lowest BCUT2D eigenvalue weighted by Crippen LogP contribution is -2.45. The van der Waals surface area contributed by atoms with Gasteiger partial charge in [-0.3, -0.25) is 0 Å². The van der Waals surface area contributed by atoms with Crippen LogP contribution in [0, 0.1) is 6.92 Å². The molecule has 0 radical (unpaired) electrons. The number of likely N-dealkylation sites (N-methyl/N-ethyl adjacent to an activating group) is 1. The molecular formula is C15H24N2O2. The van der Waals surface area contributed by atoms with E-state index in [2.05, 4.69) is 43.5 Å². The minimum atomic E-state index is 0.0989. The summed E-state index contributed by atoms with van der Waals surface area (Å²) in [4.78, 5) is 0. The topological polar surface area (TPSA) is 42.5 Å². The normalized spacial score (nSPS) is 14.5. The maximum atomic E-state index is 5.62. The van der Waals surface area contributed by atoms with Crippen LogP contribution in [0.2, 0.25) is 0 Å². The zero-order valence-electron chi connectivity index (χ0n) is 12.3. The molecule has 106 valence electrons. The summed E-state index contributed by atoms with van der Waals surface area (Å²) < 4.78 is 11.2. The Labute approximate surface area is 115 Å². The Morgan fingerprint density at radius 1 is 1.16 bits per heavy atom. The van der Waals surface area contributed by atoms with Crippen LogP contribution in [0.4, 0.5) is 0 Å². The number of fused-ring (bicyclic) bond motifs is 1. The molecule has 0 spiro atoms. The monoisotopic (exact) mass is 264 g/mol. The van der Waals surface area contributed by atoms with E-state index in [1.807, 2.05) is 7.05 Å². The zero-order valence-corrected chi connectivity index (χ0v) is 12.3. The first-order chi connectivity index (χ1) is 9.02. The van der Waals surface area contributed by atoms with Gasteiger partial charge >= 0.3 is 0 Å². The van der Waals surface area contributed by atoms with Crippen molar-refractivity contribution < 1.29 is 9.47 Å². The van der Waals surface area contributed by atoms with Crippen molar-refractivity contribution >= 4 is 0 Å². The largest absolute Gasteiger partial charge is 0.486 e. The van der Waals surface area contributed by atoms with Crippen molar-refractivity contribution in [2.45, 2.75) is 32.9 Å². The van der Waals surface area contributed by atoms with Gasteiger partial charge in [-0.2, -0.15) is 0 Å². The molecule has 0 saturated heterocycles. The first-order valence-corrected chi connectivity index (χ1v) is 6.80. The third-order valence-electron chi connectivity index (χ3n) is 3.56. The van der Waals surface area contributed by atoms with Crippen molar-refractivity contribution in [3.8, 4) is 11.5 Å². The summed E-state index contributed by atoms with van der Waals surface area (Å²) in [6.45, 7) is 9.49. The standard InChI is InChI=1S/C15H24N2O2/c1-11-7-13-14(19-6-5-18-13)8-12(11)9-17-10-15(2,3)16-4/h7-8,16-17H,5-6,9-10H2,1-4H3. The summed E-state index contributed by atoms with van der Waals surface area (Å²) in [5.74, 6) is 1.73. The van der Waals surface area contributed by atoms with Gasteiger partial charge < -0.3 is 20.1 Å². The van der Waals surface area contributed by atoms with E-state index >= 15 is 0 Å². The highest BCUT2D eigenvalue weighted by molar-refractivity contribution is 5.47. The van der Waals surface area contributed by atoms with E-state index in [9.17, 15) is 0 Å². The molecule has 2 N–H and O–H groups in total. The van der Waals surface area contributed by atoms with Crippen LogP contribution in [-0.2, 0) is 6.54 Å². The van der Waals surface area contributed by atoms with Crippen molar-refractivity contribution in [2.24, 2.45) is 0 Å². The van der Waals surface area contributed by atoms with Gasteiger partial charge in [-0.25, -0.2) is 0 Å². The maximum Gasteiger partial charge on any atom is 0.161 e. The SMILES string of the molecule is CNC(C)(C)CNCc1cc2c(cc1C)OCCO2. The van der Waals surface area contributed by atoms with Crippen LogP contribution in [0.15, 0.2) is 12.1 Å². The Hall–Kier alpha value is -1.26. The Kier molecular flexibility index (Phi) is 4.32. The van der Waals surface area contributed by atoms with Gasteiger partial charge in [0.05, 0.1) is 0 Å². The molecule has 0 atom stereocenters. The van der Waals surface area contributed by atoms with E-state index in [1.54, 1.807) is 0 Å². The maximum absolute atomic E-state index is 5.62. The number of hydrogen-bond acceptors (Lipinski definition) is 4. The smallest absolute Gasteiger partial charge is 0.161 e. The van der Waals surface area contributed by atoms with Crippen molar-refractivity contribution in [1.82, 2.24) is 10.6 Å². The second-order valence-electron chi connectivity index (χ2n) is 5.66. The van der Waals surface area contributed by atoms with Crippen molar-refractivity contribution in [3.63, 3.8) is 0 Å². The molecule has 0 fully saturated rings. The summed E-state index contributed by atoms with van der Waals surface area (Å²) in [5.41, 5.74) is 2.59. The van der Waals surface area contributed by atoms with Crippen LogP contribution < -0.4 is 20.1 Å². The molecule has 0 aromatic heterocycles.